The first-order valence-corrected chi connectivity index (χ1v) is 8.44. The largest absolute Gasteiger partial charge is 0.461 e. The lowest BCUT2D eigenvalue weighted by molar-refractivity contribution is 0.219. The molecule has 0 amide bonds. The van der Waals surface area contributed by atoms with Crippen molar-refractivity contribution in [3.63, 3.8) is 0 Å². The second-order valence-corrected chi connectivity index (χ2v) is 7.06. The SMILES string of the molecule is CSc1nnc(Sc2nc(Cl)nc(OC(C)C)n2)s1. The number of aromatic nitrogens is 5. The minimum absolute atomic E-state index is 0.0269. The minimum Gasteiger partial charge on any atom is -0.461 e. The van der Waals surface area contributed by atoms with E-state index < -0.39 is 0 Å². The number of nitrogens with zero attached hydrogens (tertiary/aromatic N) is 5. The van der Waals surface area contributed by atoms with Crippen LogP contribution < -0.4 is 4.74 Å². The molecule has 102 valence electrons. The van der Waals surface area contributed by atoms with Gasteiger partial charge in [0.25, 0.3) is 0 Å². The lowest BCUT2D eigenvalue weighted by Gasteiger charge is -2.07. The minimum atomic E-state index is -0.0269. The first kappa shape index (κ1) is 14.8. The van der Waals surface area contributed by atoms with E-state index in [4.69, 9.17) is 16.3 Å². The number of halogens is 1. The van der Waals surface area contributed by atoms with E-state index in [0.29, 0.717) is 5.16 Å². The Labute approximate surface area is 127 Å². The Kier molecular flexibility index (Phi) is 5.20. The van der Waals surface area contributed by atoms with E-state index in [2.05, 4.69) is 25.1 Å². The molecule has 0 spiro atoms. The summed E-state index contributed by atoms with van der Waals surface area (Å²) in [4.78, 5) is 12.1. The summed E-state index contributed by atoms with van der Waals surface area (Å²) in [5.41, 5.74) is 0. The third-order valence-electron chi connectivity index (χ3n) is 1.65. The normalized spacial score (nSPS) is 11.0. The molecule has 6 nitrogen and oxygen atoms in total. The molecule has 2 rings (SSSR count). The highest BCUT2D eigenvalue weighted by Gasteiger charge is 2.12. The Bertz CT molecular complexity index is 565. The molecule has 2 aromatic rings. The lowest BCUT2D eigenvalue weighted by atomic mass is 10.5. The van der Waals surface area contributed by atoms with Crippen molar-refractivity contribution in [1.82, 2.24) is 25.1 Å². The Balaban J connectivity index is 2.17. The van der Waals surface area contributed by atoms with E-state index in [1.165, 1.54) is 23.1 Å². The molecule has 0 bridgehead atoms. The van der Waals surface area contributed by atoms with Gasteiger partial charge in [-0.3, -0.25) is 0 Å². The first-order valence-electron chi connectivity index (χ1n) is 5.20. The van der Waals surface area contributed by atoms with Crippen LogP contribution in [-0.4, -0.2) is 37.5 Å². The van der Waals surface area contributed by atoms with E-state index in [-0.39, 0.29) is 17.4 Å². The van der Waals surface area contributed by atoms with Gasteiger partial charge in [0.2, 0.25) is 10.4 Å². The van der Waals surface area contributed by atoms with Gasteiger partial charge in [0.05, 0.1) is 6.10 Å². The topological polar surface area (TPSA) is 73.7 Å². The van der Waals surface area contributed by atoms with Gasteiger partial charge in [-0.1, -0.05) is 23.1 Å². The maximum atomic E-state index is 5.84. The summed E-state index contributed by atoms with van der Waals surface area (Å²) in [5, 5.41) is 8.57. The number of thioether (sulfide) groups is 1. The third kappa shape index (κ3) is 4.44. The molecule has 0 N–H and O–H groups in total. The molecular weight excluding hydrogens is 326 g/mol. The molecule has 0 atom stereocenters. The molecule has 0 unspecified atom stereocenters. The number of hydrogen-bond acceptors (Lipinski definition) is 9. The molecule has 2 aromatic heterocycles. The summed E-state index contributed by atoms with van der Waals surface area (Å²) in [5.74, 6) is 0. The molecule has 0 saturated heterocycles. The molecule has 0 radical (unpaired) electrons. The summed E-state index contributed by atoms with van der Waals surface area (Å²) in [6.45, 7) is 3.78. The molecule has 0 aliphatic heterocycles. The summed E-state index contributed by atoms with van der Waals surface area (Å²) in [6.07, 6.45) is 1.92. The van der Waals surface area contributed by atoms with Crippen molar-refractivity contribution in [1.29, 1.82) is 0 Å². The molecule has 0 fully saturated rings. The average Bonchev–Trinajstić information content (AvgIpc) is 2.74. The van der Waals surface area contributed by atoms with E-state index in [1.807, 2.05) is 20.1 Å². The maximum absolute atomic E-state index is 5.84. The van der Waals surface area contributed by atoms with Crippen LogP contribution in [0.5, 0.6) is 6.01 Å². The van der Waals surface area contributed by atoms with Gasteiger partial charge in [0.15, 0.2) is 8.68 Å². The van der Waals surface area contributed by atoms with Crippen LogP contribution in [0.2, 0.25) is 5.28 Å². The van der Waals surface area contributed by atoms with E-state index >= 15 is 0 Å². The molecular formula is C9H10ClN5OS3. The van der Waals surface area contributed by atoms with Crippen LogP contribution in [0.25, 0.3) is 0 Å². The summed E-state index contributed by atoms with van der Waals surface area (Å²) >= 11 is 10.1. The Hall–Kier alpha value is -0.640. The van der Waals surface area contributed by atoms with E-state index in [0.717, 1.165) is 8.68 Å². The third-order valence-corrected chi connectivity index (χ3v) is 4.63. The van der Waals surface area contributed by atoms with Gasteiger partial charge in [0.1, 0.15) is 0 Å². The van der Waals surface area contributed by atoms with Crippen molar-refractivity contribution in [2.24, 2.45) is 0 Å². The lowest BCUT2D eigenvalue weighted by Crippen LogP contribution is -2.09. The van der Waals surface area contributed by atoms with E-state index in [1.54, 1.807) is 11.8 Å². The van der Waals surface area contributed by atoms with Crippen molar-refractivity contribution < 1.29 is 4.74 Å². The van der Waals surface area contributed by atoms with Crippen LogP contribution in [0.1, 0.15) is 13.8 Å². The van der Waals surface area contributed by atoms with Gasteiger partial charge in [0, 0.05) is 0 Å². The summed E-state index contributed by atoms with van der Waals surface area (Å²) < 4.78 is 7.05. The second-order valence-electron chi connectivity index (χ2n) is 3.48. The zero-order valence-corrected chi connectivity index (χ0v) is 13.5. The van der Waals surface area contributed by atoms with Gasteiger partial charge in [-0.2, -0.15) is 15.0 Å². The standard InChI is InChI=1S/C9H10ClN5OS3/c1-4(2)16-6-11-5(10)12-7(13-6)18-9-15-14-8(17-3)19-9/h4H,1-3H3. The van der Waals surface area contributed by atoms with Gasteiger partial charge in [-0.15, -0.1) is 10.2 Å². The summed E-state index contributed by atoms with van der Waals surface area (Å²) in [7, 11) is 0. The van der Waals surface area contributed by atoms with Crippen molar-refractivity contribution in [3.05, 3.63) is 5.28 Å². The smallest absolute Gasteiger partial charge is 0.322 e. The molecule has 0 aliphatic rings. The Morgan fingerprint density at radius 2 is 1.89 bits per heavy atom. The Morgan fingerprint density at radius 1 is 1.16 bits per heavy atom. The summed E-state index contributed by atoms with van der Waals surface area (Å²) in [6, 6.07) is 0.215. The first-order chi connectivity index (χ1) is 9.06. The van der Waals surface area contributed by atoms with Crippen LogP contribution in [0.4, 0.5) is 0 Å². The van der Waals surface area contributed by atoms with Crippen molar-refractivity contribution in [3.8, 4) is 6.01 Å². The van der Waals surface area contributed by atoms with Crippen LogP contribution in [-0.2, 0) is 0 Å². The molecule has 2 heterocycles. The quantitative estimate of drug-likeness (QED) is 0.772. The predicted molar refractivity (Wildman–Crippen MR) is 76.4 cm³/mol. The van der Waals surface area contributed by atoms with Gasteiger partial charge >= 0.3 is 6.01 Å². The number of hydrogen-bond donors (Lipinski definition) is 0. The zero-order valence-electron chi connectivity index (χ0n) is 10.3. The highest BCUT2D eigenvalue weighted by atomic mass is 35.5. The van der Waals surface area contributed by atoms with Crippen molar-refractivity contribution >= 4 is 46.5 Å². The maximum Gasteiger partial charge on any atom is 0.322 e. The monoisotopic (exact) mass is 335 g/mol. The molecule has 0 aromatic carbocycles. The van der Waals surface area contributed by atoms with Gasteiger partial charge < -0.3 is 4.74 Å². The average molecular weight is 336 g/mol. The molecule has 19 heavy (non-hydrogen) atoms. The van der Waals surface area contributed by atoms with Gasteiger partial charge in [-0.25, -0.2) is 0 Å². The van der Waals surface area contributed by atoms with Crippen LogP contribution in [0.3, 0.4) is 0 Å². The zero-order chi connectivity index (χ0) is 13.8. The molecule has 0 aliphatic carbocycles. The number of ether oxygens (including phenoxy) is 1. The highest BCUT2D eigenvalue weighted by Crippen LogP contribution is 2.31. The highest BCUT2D eigenvalue weighted by molar-refractivity contribution is 8.02. The fourth-order valence-corrected chi connectivity index (χ4v) is 3.51. The van der Waals surface area contributed by atoms with Crippen LogP contribution in [0.15, 0.2) is 13.8 Å². The van der Waals surface area contributed by atoms with Crippen molar-refractivity contribution in [2.75, 3.05) is 6.26 Å². The van der Waals surface area contributed by atoms with Gasteiger partial charge in [-0.05, 0) is 43.5 Å². The number of rotatable bonds is 5. The fourth-order valence-electron chi connectivity index (χ4n) is 1.02. The van der Waals surface area contributed by atoms with E-state index in [9.17, 15) is 0 Å². The molecule has 10 heteroatoms. The predicted octanol–water partition coefficient (Wildman–Crippen LogP) is 3.04. The Morgan fingerprint density at radius 3 is 2.53 bits per heavy atom. The molecule has 0 saturated carbocycles. The fraction of sp³-hybridized carbons (Fsp3) is 0.444. The van der Waals surface area contributed by atoms with Crippen molar-refractivity contribution in [2.45, 2.75) is 33.8 Å². The second kappa shape index (κ2) is 6.69. The van der Waals surface area contributed by atoms with Crippen LogP contribution in [0, 0.1) is 0 Å². The van der Waals surface area contributed by atoms with Crippen LogP contribution >= 0.6 is 46.5 Å².